The second kappa shape index (κ2) is 7.51. The van der Waals surface area contributed by atoms with Crippen LogP contribution in [0, 0.1) is 0 Å². The number of H-pyrrole nitrogens is 1. The van der Waals surface area contributed by atoms with E-state index in [1.165, 1.54) is 19.3 Å². The van der Waals surface area contributed by atoms with Crippen LogP contribution in [0.2, 0.25) is 0 Å². The van der Waals surface area contributed by atoms with Crippen LogP contribution < -0.4 is 10.3 Å². The van der Waals surface area contributed by atoms with Gasteiger partial charge in [-0.05, 0) is 31.5 Å². The van der Waals surface area contributed by atoms with Crippen molar-refractivity contribution in [1.29, 1.82) is 0 Å². The molecule has 2 heterocycles. The summed E-state index contributed by atoms with van der Waals surface area (Å²) in [5, 5.41) is 0.933. The summed E-state index contributed by atoms with van der Waals surface area (Å²) >= 11 is 0. The lowest BCUT2D eigenvalue weighted by Gasteiger charge is -2.05. The van der Waals surface area contributed by atoms with E-state index in [0.29, 0.717) is 12.1 Å². The molecule has 0 atom stereocenters. The molecule has 0 aliphatic carbocycles. The first kappa shape index (κ1) is 16.6. The Balaban J connectivity index is 1.88. The zero-order valence-corrected chi connectivity index (χ0v) is 14.5. The van der Waals surface area contributed by atoms with Crippen molar-refractivity contribution in [1.82, 2.24) is 14.5 Å². The Morgan fingerprint density at radius 2 is 2.00 bits per heavy atom. The van der Waals surface area contributed by atoms with Crippen molar-refractivity contribution in [3.05, 3.63) is 34.9 Å². The summed E-state index contributed by atoms with van der Waals surface area (Å²) in [4.78, 5) is 20.4. The van der Waals surface area contributed by atoms with Gasteiger partial charge in [0.1, 0.15) is 16.8 Å². The van der Waals surface area contributed by atoms with E-state index in [0.717, 1.165) is 41.6 Å². The van der Waals surface area contributed by atoms with Crippen molar-refractivity contribution in [3.63, 3.8) is 0 Å². The summed E-state index contributed by atoms with van der Waals surface area (Å²) in [5.41, 5.74) is 2.22. The highest BCUT2D eigenvalue weighted by molar-refractivity contribution is 6.04. The molecule has 0 amide bonds. The molecule has 0 spiro atoms. The Morgan fingerprint density at radius 3 is 2.79 bits per heavy atom. The molecule has 1 N–H and O–H groups in total. The summed E-state index contributed by atoms with van der Waals surface area (Å²) in [6.45, 7) is 5.50. The zero-order chi connectivity index (χ0) is 16.9. The molecule has 5 nitrogen and oxygen atoms in total. The highest BCUT2D eigenvalue weighted by Crippen LogP contribution is 2.25. The van der Waals surface area contributed by atoms with Gasteiger partial charge in [0.05, 0.1) is 12.9 Å². The van der Waals surface area contributed by atoms with Crippen LogP contribution in [0.4, 0.5) is 0 Å². The van der Waals surface area contributed by atoms with Gasteiger partial charge in [-0.1, -0.05) is 32.6 Å². The van der Waals surface area contributed by atoms with Crippen LogP contribution in [0.1, 0.15) is 46.0 Å². The predicted octanol–water partition coefficient (Wildman–Crippen LogP) is 4.25. The maximum atomic E-state index is 12.7. The number of unbranched alkanes of at least 4 members (excludes halogenated alkanes) is 4. The van der Waals surface area contributed by atoms with Crippen molar-refractivity contribution < 1.29 is 4.74 Å². The number of aryl methyl sites for hydroxylation is 1. The molecule has 0 radical (unpaired) electrons. The van der Waals surface area contributed by atoms with Crippen LogP contribution in [-0.4, -0.2) is 21.1 Å². The van der Waals surface area contributed by atoms with Gasteiger partial charge in [-0.25, -0.2) is 4.98 Å². The van der Waals surface area contributed by atoms with Gasteiger partial charge in [0.15, 0.2) is 0 Å². The lowest BCUT2D eigenvalue weighted by Crippen LogP contribution is -2.20. The van der Waals surface area contributed by atoms with E-state index < -0.39 is 0 Å². The number of nitrogens with zero attached hydrogens (tertiary/aromatic N) is 2. The van der Waals surface area contributed by atoms with Crippen molar-refractivity contribution in [2.75, 3.05) is 6.61 Å². The summed E-state index contributed by atoms with van der Waals surface area (Å²) < 4.78 is 7.26. The van der Waals surface area contributed by atoms with Gasteiger partial charge >= 0.3 is 0 Å². The minimum absolute atomic E-state index is 0.00431. The van der Waals surface area contributed by atoms with Crippen LogP contribution in [0.3, 0.4) is 0 Å². The fourth-order valence-electron chi connectivity index (χ4n) is 3.07. The van der Waals surface area contributed by atoms with Gasteiger partial charge in [-0.2, -0.15) is 0 Å². The largest absolute Gasteiger partial charge is 0.494 e. The number of aromatic nitrogens is 3. The molecule has 0 aliphatic rings. The van der Waals surface area contributed by atoms with Crippen LogP contribution in [0.25, 0.3) is 21.9 Å². The molecule has 5 heteroatoms. The van der Waals surface area contributed by atoms with Gasteiger partial charge in [-0.3, -0.25) is 9.36 Å². The minimum Gasteiger partial charge on any atom is -0.494 e. The highest BCUT2D eigenvalue weighted by atomic mass is 16.5. The Hall–Kier alpha value is -2.30. The fraction of sp³-hybridized carbons (Fsp3) is 0.474. The number of nitrogens with one attached hydrogen (secondary N) is 1. The smallest absolute Gasteiger partial charge is 0.277 e. The van der Waals surface area contributed by atoms with Gasteiger partial charge in [-0.15, -0.1) is 0 Å². The Kier molecular flexibility index (Phi) is 5.18. The average molecular weight is 327 g/mol. The van der Waals surface area contributed by atoms with E-state index in [-0.39, 0.29) is 5.56 Å². The number of ether oxygens (including phenoxy) is 1. The number of hydrogen-bond donors (Lipinski definition) is 1. The molecule has 0 bridgehead atoms. The van der Waals surface area contributed by atoms with E-state index in [9.17, 15) is 4.79 Å². The van der Waals surface area contributed by atoms with Crippen molar-refractivity contribution in [2.24, 2.45) is 0 Å². The summed E-state index contributed by atoms with van der Waals surface area (Å²) in [6.07, 6.45) is 7.56. The third-order valence-electron chi connectivity index (χ3n) is 4.36. The molecular weight excluding hydrogens is 302 g/mol. The van der Waals surface area contributed by atoms with E-state index in [1.807, 2.05) is 25.1 Å². The molecule has 128 valence electrons. The molecule has 1 aromatic carbocycles. The lowest BCUT2D eigenvalue weighted by atomic mass is 10.1. The topological polar surface area (TPSA) is 59.9 Å². The predicted molar refractivity (Wildman–Crippen MR) is 97.8 cm³/mol. The summed E-state index contributed by atoms with van der Waals surface area (Å²) in [5.74, 6) is 0.799. The maximum absolute atomic E-state index is 12.7. The van der Waals surface area contributed by atoms with Crippen LogP contribution >= 0.6 is 0 Å². The first-order valence-corrected chi connectivity index (χ1v) is 8.88. The second-order valence-corrected chi connectivity index (χ2v) is 6.15. The van der Waals surface area contributed by atoms with E-state index in [1.54, 1.807) is 10.9 Å². The number of rotatable bonds is 8. The standard InChI is InChI=1S/C19H25N3O2/c1-3-5-6-7-8-11-22-13-20-17-15-12-14(24-4-2)9-10-16(15)21-18(17)19(22)23/h9-10,12-13,21H,3-8,11H2,1-2H3. The van der Waals surface area contributed by atoms with Crippen molar-refractivity contribution in [3.8, 4) is 5.75 Å². The van der Waals surface area contributed by atoms with Crippen LogP contribution in [0.5, 0.6) is 5.75 Å². The van der Waals surface area contributed by atoms with Crippen LogP contribution in [0.15, 0.2) is 29.3 Å². The molecule has 0 saturated heterocycles. The van der Waals surface area contributed by atoms with Gasteiger partial charge in [0, 0.05) is 17.4 Å². The maximum Gasteiger partial charge on any atom is 0.277 e. The van der Waals surface area contributed by atoms with Crippen molar-refractivity contribution in [2.45, 2.75) is 52.5 Å². The van der Waals surface area contributed by atoms with E-state index in [4.69, 9.17) is 4.74 Å². The lowest BCUT2D eigenvalue weighted by molar-refractivity contribution is 0.341. The van der Waals surface area contributed by atoms with Gasteiger partial charge in [0.2, 0.25) is 0 Å². The highest BCUT2D eigenvalue weighted by Gasteiger charge is 2.11. The zero-order valence-electron chi connectivity index (χ0n) is 14.5. The number of fused-ring (bicyclic) bond motifs is 3. The second-order valence-electron chi connectivity index (χ2n) is 6.15. The monoisotopic (exact) mass is 327 g/mol. The molecule has 0 saturated carbocycles. The van der Waals surface area contributed by atoms with Crippen molar-refractivity contribution >= 4 is 21.9 Å². The Morgan fingerprint density at radius 1 is 1.17 bits per heavy atom. The molecule has 0 unspecified atom stereocenters. The van der Waals surface area contributed by atoms with Gasteiger partial charge < -0.3 is 9.72 Å². The molecule has 0 fully saturated rings. The minimum atomic E-state index is 0.00431. The Bertz CT molecular complexity index is 879. The fourth-order valence-corrected chi connectivity index (χ4v) is 3.07. The molecular formula is C19H25N3O2. The third-order valence-corrected chi connectivity index (χ3v) is 4.36. The third kappa shape index (κ3) is 3.30. The molecule has 3 rings (SSSR count). The number of benzene rings is 1. The van der Waals surface area contributed by atoms with E-state index in [2.05, 4.69) is 16.9 Å². The van der Waals surface area contributed by atoms with Crippen LogP contribution in [-0.2, 0) is 6.54 Å². The van der Waals surface area contributed by atoms with Gasteiger partial charge in [0.25, 0.3) is 5.56 Å². The first-order valence-electron chi connectivity index (χ1n) is 8.88. The molecule has 3 aromatic rings. The normalized spacial score (nSPS) is 11.4. The first-order chi connectivity index (χ1) is 11.7. The SMILES string of the molecule is CCCCCCCn1cnc2c([nH]c3ccc(OCC)cc32)c1=O. The number of aromatic amines is 1. The molecule has 0 aliphatic heterocycles. The quantitative estimate of drug-likeness (QED) is 0.629. The summed E-state index contributed by atoms with van der Waals surface area (Å²) in [7, 11) is 0. The van der Waals surface area contributed by atoms with E-state index >= 15 is 0 Å². The summed E-state index contributed by atoms with van der Waals surface area (Å²) in [6, 6.07) is 5.79. The Labute approximate surface area is 141 Å². The number of hydrogen-bond acceptors (Lipinski definition) is 3. The average Bonchev–Trinajstić information content (AvgIpc) is 2.96. The molecule has 2 aromatic heterocycles. The molecule has 24 heavy (non-hydrogen) atoms.